The van der Waals surface area contributed by atoms with Crippen molar-refractivity contribution in [1.29, 1.82) is 0 Å². The Morgan fingerprint density at radius 2 is 1.95 bits per heavy atom. The number of hydrogen-bond donors (Lipinski definition) is 1. The van der Waals surface area contributed by atoms with Crippen molar-refractivity contribution < 1.29 is 9.47 Å². The Kier molecular flexibility index (Phi) is 4.35. The summed E-state index contributed by atoms with van der Waals surface area (Å²) in [6.45, 7) is 5.78. The van der Waals surface area contributed by atoms with Gasteiger partial charge in [-0.25, -0.2) is 0 Å². The first kappa shape index (κ1) is 14.5. The number of nitrogen functional groups attached to an aromatic ring is 1. The van der Waals surface area contributed by atoms with Crippen molar-refractivity contribution in [1.82, 2.24) is 4.98 Å². The molecule has 0 saturated carbocycles. The largest absolute Gasteiger partial charge is 0.473 e. The molecule has 5 heteroatoms. The molecule has 1 aromatic heterocycles. The van der Waals surface area contributed by atoms with Crippen LogP contribution in [-0.2, 0) is 0 Å². The third-order valence-corrected chi connectivity index (χ3v) is 2.82. The van der Waals surface area contributed by atoms with Crippen LogP contribution >= 0.6 is 11.6 Å². The molecule has 0 fully saturated rings. The van der Waals surface area contributed by atoms with Crippen molar-refractivity contribution in [2.24, 2.45) is 0 Å². The average Bonchev–Trinajstić information content (AvgIpc) is 2.37. The summed E-state index contributed by atoms with van der Waals surface area (Å²) in [7, 11) is 0. The average molecular weight is 293 g/mol. The molecular formula is C15H17ClN2O2. The highest BCUT2D eigenvalue weighted by atomic mass is 35.5. The van der Waals surface area contributed by atoms with Crippen LogP contribution in [0, 0.1) is 6.92 Å². The van der Waals surface area contributed by atoms with E-state index < -0.39 is 0 Å². The van der Waals surface area contributed by atoms with Crippen molar-refractivity contribution in [2.75, 3.05) is 5.73 Å². The van der Waals surface area contributed by atoms with Gasteiger partial charge < -0.3 is 15.2 Å². The molecule has 1 aromatic carbocycles. The van der Waals surface area contributed by atoms with Gasteiger partial charge in [-0.1, -0.05) is 17.7 Å². The van der Waals surface area contributed by atoms with E-state index in [0.29, 0.717) is 28.2 Å². The standard InChI is InChI=1S/C15H17ClN2O2/c1-9(2)19-15-12(17)6-7-14(18-15)20-13-8-10(3)4-5-11(13)16/h4-9H,17H2,1-3H3. The Bertz CT molecular complexity index is 615. The Morgan fingerprint density at radius 1 is 1.20 bits per heavy atom. The van der Waals surface area contributed by atoms with Gasteiger partial charge in [0.05, 0.1) is 16.8 Å². The maximum atomic E-state index is 6.09. The summed E-state index contributed by atoms with van der Waals surface area (Å²) in [6, 6.07) is 8.93. The van der Waals surface area contributed by atoms with Crippen molar-refractivity contribution in [3.63, 3.8) is 0 Å². The molecule has 0 unspecified atom stereocenters. The molecule has 106 valence electrons. The highest BCUT2D eigenvalue weighted by Gasteiger charge is 2.09. The summed E-state index contributed by atoms with van der Waals surface area (Å²) in [4.78, 5) is 4.25. The van der Waals surface area contributed by atoms with Gasteiger partial charge in [0.25, 0.3) is 0 Å². The fraction of sp³-hybridized carbons (Fsp3) is 0.267. The predicted molar refractivity (Wildman–Crippen MR) is 80.7 cm³/mol. The molecule has 2 N–H and O–H groups in total. The van der Waals surface area contributed by atoms with Crippen LogP contribution in [0.1, 0.15) is 19.4 Å². The number of hydrogen-bond acceptors (Lipinski definition) is 4. The molecule has 0 saturated heterocycles. The topological polar surface area (TPSA) is 57.4 Å². The SMILES string of the molecule is Cc1ccc(Cl)c(Oc2ccc(N)c(OC(C)C)n2)c1. The molecule has 4 nitrogen and oxygen atoms in total. The van der Waals surface area contributed by atoms with E-state index in [1.54, 1.807) is 18.2 Å². The molecular weight excluding hydrogens is 276 g/mol. The van der Waals surface area contributed by atoms with Crippen molar-refractivity contribution >= 4 is 17.3 Å². The highest BCUT2D eigenvalue weighted by molar-refractivity contribution is 6.32. The minimum Gasteiger partial charge on any atom is -0.473 e. The molecule has 0 aliphatic rings. The molecule has 0 amide bonds. The van der Waals surface area contributed by atoms with E-state index in [4.69, 9.17) is 26.8 Å². The van der Waals surface area contributed by atoms with E-state index in [2.05, 4.69) is 4.98 Å². The molecule has 0 atom stereocenters. The van der Waals surface area contributed by atoms with E-state index in [1.807, 2.05) is 32.9 Å². The zero-order valence-corrected chi connectivity index (χ0v) is 12.4. The van der Waals surface area contributed by atoms with Gasteiger partial charge in [0.15, 0.2) is 0 Å². The lowest BCUT2D eigenvalue weighted by atomic mass is 10.2. The number of aromatic nitrogens is 1. The molecule has 0 bridgehead atoms. The normalized spacial score (nSPS) is 10.7. The van der Waals surface area contributed by atoms with Gasteiger partial charge in [0.2, 0.25) is 11.8 Å². The summed E-state index contributed by atoms with van der Waals surface area (Å²) < 4.78 is 11.2. The maximum Gasteiger partial charge on any atom is 0.240 e. The van der Waals surface area contributed by atoms with Gasteiger partial charge in [-0.15, -0.1) is 0 Å². The predicted octanol–water partition coefficient (Wildman–Crippen LogP) is 4.21. The Balaban J connectivity index is 2.27. The molecule has 0 radical (unpaired) electrons. The van der Waals surface area contributed by atoms with Gasteiger partial charge in [0, 0.05) is 6.07 Å². The second-order valence-corrected chi connectivity index (χ2v) is 5.15. The fourth-order valence-corrected chi connectivity index (χ4v) is 1.77. The van der Waals surface area contributed by atoms with Gasteiger partial charge in [0.1, 0.15) is 5.75 Å². The molecule has 20 heavy (non-hydrogen) atoms. The number of halogens is 1. The third kappa shape index (κ3) is 3.54. The van der Waals surface area contributed by atoms with Crippen molar-refractivity contribution in [3.8, 4) is 17.5 Å². The van der Waals surface area contributed by atoms with Crippen LogP contribution in [0.4, 0.5) is 5.69 Å². The zero-order valence-electron chi connectivity index (χ0n) is 11.7. The number of anilines is 1. The van der Waals surface area contributed by atoms with Crippen molar-refractivity contribution in [3.05, 3.63) is 40.9 Å². The lowest BCUT2D eigenvalue weighted by molar-refractivity contribution is 0.232. The summed E-state index contributed by atoms with van der Waals surface area (Å²) in [6.07, 6.45) is -0.0115. The number of nitrogens with zero attached hydrogens (tertiary/aromatic N) is 1. The number of nitrogens with two attached hydrogens (primary N) is 1. The second kappa shape index (κ2) is 6.01. The van der Waals surface area contributed by atoms with Crippen LogP contribution in [0.5, 0.6) is 17.5 Å². The summed E-state index contributed by atoms with van der Waals surface area (Å²) in [5, 5.41) is 0.528. The number of ether oxygens (including phenoxy) is 2. The Hall–Kier alpha value is -1.94. The van der Waals surface area contributed by atoms with E-state index in [-0.39, 0.29) is 6.10 Å². The molecule has 0 spiro atoms. The van der Waals surface area contributed by atoms with Crippen molar-refractivity contribution in [2.45, 2.75) is 26.9 Å². The Labute approximate surface area is 123 Å². The highest BCUT2D eigenvalue weighted by Crippen LogP contribution is 2.31. The van der Waals surface area contributed by atoms with Gasteiger partial charge in [-0.2, -0.15) is 4.98 Å². The van der Waals surface area contributed by atoms with Crippen LogP contribution in [0.15, 0.2) is 30.3 Å². The maximum absolute atomic E-state index is 6.09. The second-order valence-electron chi connectivity index (χ2n) is 4.75. The monoisotopic (exact) mass is 292 g/mol. The van der Waals surface area contributed by atoms with E-state index in [0.717, 1.165) is 5.56 Å². The number of aryl methyl sites for hydroxylation is 1. The lowest BCUT2D eigenvalue weighted by Crippen LogP contribution is -2.09. The first-order valence-corrected chi connectivity index (χ1v) is 6.70. The van der Waals surface area contributed by atoms with E-state index in [1.165, 1.54) is 0 Å². The zero-order chi connectivity index (χ0) is 14.7. The number of benzene rings is 1. The molecule has 2 rings (SSSR count). The van der Waals surface area contributed by atoms with Crippen LogP contribution in [0.25, 0.3) is 0 Å². The quantitative estimate of drug-likeness (QED) is 0.917. The number of rotatable bonds is 4. The van der Waals surface area contributed by atoms with Crippen LogP contribution in [0.3, 0.4) is 0 Å². The Morgan fingerprint density at radius 3 is 2.65 bits per heavy atom. The lowest BCUT2D eigenvalue weighted by Gasteiger charge is -2.13. The molecule has 0 aliphatic carbocycles. The van der Waals surface area contributed by atoms with Crippen LogP contribution in [0.2, 0.25) is 5.02 Å². The minimum absolute atomic E-state index is 0.0115. The molecule has 2 aromatic rings. The summed E-state index contributed by atoms with van der Waals surface area (Å²) in [5.41, 5.74) is 7.34. The first-order valence-electron chi connectivity index (χ1n) is 6.33. The molecule has 1 heterocycles. The van der Waals surface area contributed by atoms with Crippen LogP contribution < -0.4 is 15.2 Å². The number of pyridine rings is 1. The summed E-state index contributed by atoms with van der Waals surface area (Å²) in [5.74, 6) is 1.31. The smallest absolute Gasteiger partial charge is 0.240 e. The van der Waals surface area contributed by atoms with E-state index >= 15 is 0 Å². The first-order chi connectivity index (χ1) is 9.45. The minimum atomic E-state index is -0.0115. The summed E-state index contributed by atoms with van der Waals surface area (Å²) >= 11 is 6.09. The van der Waals surface area contributed by atoms with Gasteiger partial charge in [-0.3, -0.25) is 0 Å². The molecule has 0 aliphatic heterocycles. The van der Waals surface area contributed by atoms with Gasteiger partial charge in [-0.05, 0) is 44.5 Å². The van der Waals surface area contributed by atoms with Gasteiger partial charge >= 0.3 is 0 Å². The fourth-order valence-electron chi connectivity index (χ4n) is 1.61. The van der Waals surface area contributed by atoms with Crippen LogP contribution in [-0.4, -0.2) is 11.1 Å². The third-order valence-electron chi connectivity index (χ3n) is 2.51. The van der Waals surface area contributed by atoms with E-state index in [9.17, 15) is 0 Å².